The molecule has 7 heteroatoms. The van der Waals surface area contributed by atoms with Crippen molar-refractivity contribution in [2.24, 2.45) is 0 Å². The Kier molecular flexibility index (Phi) is 4.99. The maximum atomic E-state index is 12.0. The van der Waals surface area contributed by atoms with Gasteiger partial charge in [-0.1, -0.05) is 0 Å². The Bertz CT molecular complexity index is 719. The summed E-state index contributed by atoms with van der Waals surface area (Å²) in [5.41, 5.74) is 1.43. The van der Waals surface area contributed by atoms with Gasteiger partial charge in [0.05, 0.1) is 17.4 Å². The van der Waals surface area contributed by atoms with E-state index < -0.39 is 10.0 Å². The molecule has 0 saturated heterocycles. The summed E-state index contributed by atoms with van der Waals surface area (Å²) in [6.45, 7) is 0.482. The predicted molar refractivity (Wildman–Crippen MR) is 82.1 cm³/mol. The molecule has 1 heterocycles. The summed E-state index contributed by atoms with van der Waals surface area (Å²) in [5, 5.41) is 2.78. The molecule has 0 unspecified atom stereocenters. The number of amides is 1. The van der Waals surface area contributed by atoms with Crippen LogP contribution in [-0.4, -0.2) is 39.3 Å². The molecule has 0 atom stereocenters. The fourth-order valence-corrected chi connectivity index (χ4v) is 2.75. The summed E-state index contributed by atoms with van der Waals surface area (Å²) in [6.07, 6.45) is 3.89. The molecule has 0 fully saturated rings. The van der Waals surface area contributed by atoms with Gasteiger partial charge in [0.1, 0.15) is 0 Å². The van der Waals surface area contributed by atoms with E-state index in [2.05, 4.69) is 5.32 Å². The van der Waals surface area contributed by atoms with Crippen molar-refractivity contribution in [3.05, 3.63) is 54.0 Å². The number of benzene rings is 1. The number of nitrogens with one attached hydrogen (secondary N) is 1. The predicted octanol–water partition coefficient (Wildman–Crippen LogP) is 1.50. The van der Waals surface area contributed by atoms with E-state index in [1.165, 1.54) is 38.4 Å². The molecular formula is C15H18N2O4S. The molecule has 0 aliphatic carbocycles. The number of carbonyl (C=O) groups is 1. The van der Waals surface area contributed by atoms with E-state index in [4.69, 9.17) is 4.42 Å². The third-order valence-electron chi connectivity index (χ3n) is 3.17. The van der Waals surface area contributed by atoms with Gasteiger partial charge in [-0.25, -0.2) is 12.7 Å². The molecule has 0 spiro atoms. The molecule has 0 saturated carbocycles. The summed E-state index contributed by atoms with van der Waals surface area (Å²) >= 11 is 0. The van der Waals surface area contributed by atoms with Crippen LogP contribution in [0, 0.1) is 0 Å². The van der Waals surface area contributed by atoms with Crippen LogP contribution in [-0.2, 0) is 16.4 Å². The van der Waals surface area contributed by atoms with Gasteiger partial charge >= 0.3 is 0 Å². The molecule has 22 heavy (non-hydrogen) atoms. The first-order valence-corrected chi connectivity index (χ1v) is 8.17. The van der Waals surface area contributed by atoms with E-state index in [1.54, 1.807) is 12.5 Å². The van der Waals surface area contributed by atoms with Gasteiger partial charge in [0, 0.05) is 26.2 Å². The average Bonchev–Trinajstić information content (AvgIpc) is 3.00. The van der Waals surface area contributed by atoms with Gasteiger partial charge in [0.25, 0.3) is 5.91 Å². The maximum Gasteiger partial charge on any atom is 0.251 e. The van der Waals surface area contributed by atoms with Crippen molar-refractivity contribution in [2.45, 2.75) is 11.3 Å². The molecule has 0 bridgehead atoms. The average molecular weight is 322 g/mol. The number of hydrogen-bond acceptors (Lipinski definition) is 4. The van der Waals surface area contributed by atoms with E-state index in [9.17, 15) is 13.2 Å². The first-order chi connectivity index (χ1) is 10.4. The summed E-state index contributed by atoms with van der Waals surface area (Å²) in [4.78, 5) is 12.1. The zero-order valence-electron chi connectivity index (χ0n) is 12.4. The number of carbonyl (C=O) groups excluding carboxylic acids is 1. The molecule has 0 radical (unpaired) electrons. The molecule has 118 valence electrons. The van der Waals surface area contributed by atoms with Crippen molar-refractivity contribution in [1.29, 1.82) is 0 Å². The summed E-state index contributed by atoms with van der Waals surface area (Å²) in [7, 11) is -0.546. The third kappa shape index (κ3) is 3.75. The topological polar surface area (TPSA) is 79.6 Å². The normalized spacial score (nSPS) is 11.6. The van der Waals surface area contributed by atoms with E-state index in [-0.39, 0.29) is 10.8 Å². The third-order valence-corrected chi connectivity index (χ3v) is 5.00. The zero-order chi connectivity index (χ0) is 16.2. The molecule has 1 amide bonds. The Morgan fingerprint density at radius 1 is 1.18 bits per heavy atom. The van der Waals surface area contributed by atoms with E-state index in [1.807, 2.05) is 6.07 Å². The van der Waals surface area contributed by atoms with Crippen LogP contribution in [0.2, 0.25) is 0 Å². The van der Waals surface area contributed by atoms with Gasteiger partial charge in [-0.3, -0.25) is 4.79 Å². The molecule has 1 aromatic heterocycles. The Labute approximate surface area is 129 Å². The van der Waals surface area contributed by atoms with Crippen molar-refractivity contribution in [3.8, 4) is 0 Å². The monoisotopic (exact) mass is 322 g/mol. The minimum Gasteiger partial charge on any atom is -0.472 e. The first kappa shape index (κ1) is 16.3. The standard InChI is InChI=1S/C15H18N2O4S/c1-17(2)22(19,20)14-5-3-13(4-6-14)15(18)16-9-7-12-8-10-21-11-12/h3-6,8,10-11H,7,9H2,1-2H3,(H,16,18). The molecule has 1 aromatic carbocycles. The number of furan rings is 1. The molecule has 2 aromatic rings. The van der Waals surface area contributed by atoms with Crippen LogP contribution in [0.5, 0.6) is 0 Å². The largest absolute Gasteiger partial charge is 0.472 e. The fourth-order valence-electron chi connectivity index (χ4n) is 1.85. The lowest BCUT2D eigenvalue weighted by Gasteiger charge is -2.11. The van der Waals surface area contributed by atoms with Crippen molar-refractivity contribution in [2.75, 3.05) is 20.6 Å². The van der Waals surface area contributed by atoms with Gasteiger partial charge < -0.3 is 9.73 Å². The maximum absolute atomic E-state index is 12.0. The van der Waals surface area contributed by atoms with Crippen LogP contribution in [0.15, 0.2) is 52.2 Å². The molecular weight excluding hydrogens is 304 g/mol. The molecule has 2 rings (SSSR count). The number of rotatable bonds is 6. The van der Waals surface area contributed by atoms with Gasteiger partial charge in [-0.05, 0) is 42.3 Å². The fraction of sp³-hybridized carbons (Fsp3) is 0.267. The van der Waals surface area contributed by atoms with Crippen LogP contribution in [0.4, 0.5) is 0 Å². The molecule has 0 aliphatic rings. The lowest BCUT2D eigenvalue weighted by atomic mass is 10.2. The van der Waals surface area contributed by atoms with Crippen LogP contribution < -0.4 is 5.32 Å². The highest BCUT2D eigenvalue weighted by atomic mass is 32.2. The van der Waals surface area contributed by atoms with Gasteiger partial charge in [-0.15, -0.1) is 0 Å². The molecule has 0 aliphatic heterocycles. The van der Waals surface area contributed by atoms with Crippen LogP contribution in [0.1, 0.15) is 15.9 Å². The highest BCUT2D eigenvalue weighted by Gasteiger charge is 2.17. The minimum atomic E-state index is -3.47. The first-order valence-electron chi connectivity index (χ1n) is 6.73. The quantitative estimate of drug-likeness (QED) is 0.874. The van der Waals surface area contributed by atoms with E-state index in [0.29, 0.717) is 18.5 Å². The van der Waals surface area contributed by atoms with Crippen molar-refractivity contribution >= 4 is 15.9 Å². The number of hydrogen-bond donors (Lipinski definition) is 1. The van der Waals surface area contributed by atoms with E-state index >= 15 is 0 Å². The summed E-state index contributed by atoms with van der Waals surface area (Å²) in [6, 6.07) is 7.71. The highest BCUT2D eigenvalue weighted by Crippen LogP contribution is 2.14. The second-order valence-corrected chi connectivity index (χ2v) is 7.10. The second kappa shape index (κ2) is 6.76. The number of nitrogens with zero attached hydrogens (tertiary/aromatic N) is 1. The molecule has 6 nitrogen and oxygen atoms in total. The molecule has 1 N–H and O–H groups in total. The Morgan fingerprint density at radius 3 is 2.41 bits per heavy atom. The minimum absolute atomic E-state index is 0.160. The second-order valence-electron chi connectivity index (χ2n) is 4.95. The lowest BCUT2D eigenvalue weighted by molar-refractivity contribution is 0.0954. The van der Waals surface area contributed by atoms with Crippen LogP contribution >= 0.6 is 0 Å². The highest BCUT2D eigenvalue weighted by molar-refractivity contribution is 7.89. The lowest BCUT2D eigenvalue weighted by Crippen LogP contribution is -2.26. The van der Waals surface area contributed by atoms with Crippen LogP contribution in [0.3, 0.4) is 0 Å². The van der Waals surface area contributed by atoms with Crippen molar-refractivity contribution in [1.82, 2.24) is 9.62 Å². The smallest absolute Gasteiger partial charge is 0.251 e. The van der Waals surface area contributed by atoms with Crippen molar-refractivity contribution in [3.63, 3.8) is 0 Å². The Morgan fingerprint density at radius 2 is 1.86 bits per heavy atom. The Balaban J connectivity index is 1.96. The van der Waals surface area contributed by atoms with Gasteiger partial charge in [0.15, 0.2) is 0 Å². The zero-order valence-corrected chi connectivity index (χ0v) is 13.3. The summed E-state index contributed by atoms with van der Waals surface area (Å²) in [5.74, 6) is -0.239. The Hall–Kier alpha value is -2.12. The summed E-state index contributed by atoms with van der Waals surface area (Å²) < 4.78 is 29.9. The van der Waals surface area contributed by atoms with Crippen LogP contribution in [0.25, 0.3) is 0 Å². The van der Waals surface area contributed by atoms with Crippen molar-refractivity contribution < 1.29 is 17.6 Å². The SMILES string of the molecule is CN(C)S(=O)(=O)c1ccc(C(=O)NCCc2ccoc2)cc1. The number of sulfonamides is 1. The van der Waals surface area contributed by atoms with Gasteiger partial charge in [0.2, 0.25) is 10.0 Å². The van der Waals surface area contributed by atoms with Gasteiger partial charge in [-0.2, -0.15) is 0 Å². The van der Waals surface area contributed by atoms with E-state index in [0.717, 1.165) is 9.87 Å².